The van der Waals surface area contributed by atoms with Crippen LogP contribution in [0.4, 0.5) is 22.0 Å². The minimum atomic E-state index is -4.97. The maximum absolute atomic E-state index is 13.2. The molecule has 10 heteroatoms. The van der Waals surface area contributed by atoms with Crippen LogP contribution < -0.4 is 5.73 Å². The Bertz CT molecular complexity index is 679. The predicted octanol–water partition coefficient (Wildman–Crippen LogP) is 1.87. The summed E-state index contributed by atoms with van der Waals surface area (Å²) in [7, 11) is 0. The molecule has 1 aromatic carbocycles. The van der Waals surface area contributed by atoms with E-state index in [0.717, 1.165) is 0 Å². The highest BCUT2D eigenvalue weighted by atomic mass is 19.4. The van der Waals surface area contributed by atoms with E-state index in [1.165, 1.54) is 0 Å². The van der Waals surface area contributed by atoms with Crippen LogP contribution in [0.25, 0.3) is 11.3 Å². The molecular weight excluding hydrogens is 287 g/mol. The van der Waals surface area contributed by atoms with Gasteiger partial charge in [0.2, 0.25) is 0 Å². The van der Waals surface area contributed by atoms with Crippen molar-refractivity contribution in [2.45, 2.75) is 6.18 Å². The third-order valence-electron chi connectivity index (χ3n) is 2.40. The Morgan fingerprint density at radius 3 is 2.30 bits per heavy atom. The minimum Gasteiger partial charge on any atom is -0.364 e. The van der Waals surface area contributed by atoms with Crippen LogP contribution in [-0.4, -0.2) is 21.3 Å². The largest absolute Gasteiger partial charge is 0.417 e. The molecule has 5 nitrogen and oxygen atoms in total. The van der Waals surface area contributed by atoms with Gasteiger partial charge in [-0.25, -0.2) is 8.78 Å². The summed E-state index contributed by atoms with van der Waals surface area (Å²) in [5.41, 5.74) is 1.37. The normalized spacial score (nSPS) is 11.7. The molecule has 1 aromatic heterocycles. The number of nitrogens with one attached hydrogen (secondary N) is 1. The highest BCUT2D eigenvalue weighted by molar-refractivity contribution is 5.97. The smallest absolute Gasteiger partial charge is 0.364 e. The molecule has 0 saturated heterocycles. The number of nitrogens with zero attached hydrogens (tertiary/aromatic N) is 2. The number of alkyl halides is 3. The average molecular weight is 292 g/mol. The van der Waals surface area contributed by atoms with Crippen LogP contribution in [0.3, 0.4) is 0 Å². The Morgan fingerprint density at radius 1 is 1.15 bits per heavy atom. The first-order valence-corrected chi connectivity index (χ1v) is 4.99. The van der Waals surface area contributed by atoms with Gasteiger partial charge in [0.15, 0.2) is 17.3 Å². The van der Waals surface area contributed by atoms with Gasteiger partial charge >= 0.3 is 6.18 Å². The van der Waals surface area contributed by atoms with Crippen LogP contribution in [0.1, 0.15) is 16.1 Å². The molecule has 20 heavy (non-hydrogen) atoms. The Balaban J connectivity index is 2.76. The van der Waals surface area contributed by atoms with Crippen molar-refractivity contribution in [3.05, 3.63) is 35.0 Å². The quantitative estimate of drug-likeness (QED) is 0.829. The third kappa shape index (κ3) is 2.31. The second-order valence-corrected chi connectivity index (χ2v) is 3.69. The van der Waals surface area contributed by atoms with Crippen molar-refractivity contribution in [2.75, 3.05) is 0 Å². The molecule has 0 atom stereocenters. The molecule has 0 aliphatic rings. The lowest BCUT2D eigenvalue weighted by molar-refractivity contribution is -0.137. The first-order valence-electron chi connectivity index (χ1n) is 4.99. The molecule has 0 fully saturated rings. The zero-order valence-electron chi connectivity index (χ0n) is 9.42. The van der Waals surface area contributed by atoms with Crippen LogP contribution in [0.2, 0.25) is 0 Å². The summed E-state index contributed by atoms with van der Waals surface area (Å²) >= 11 is 0. The van der Waals surface area contributed by atoms with E-state index < -0.39 is 46.2 Å². The van der Waals surface area contributed by atoms with Gasteiger partial charge in [0.1, 0.15) is 5.69 Å². The highest BCUT2D eigenvalue weighted by Gasteiger charge is 2.36. The molecule has 0 unspecified atom stereocenters. The van der Waals surface area contributed by atoms with Crippen molar-refractivity contribution < 1.29 is 26.7 Å². The van der Waals surface area contributed by atoms with E-state index in [1.807, 2.05) is 5.21 Å². The Morgan fingerprint density at radius 2 is 1.75 bits per heavy atom. The van der Waals surface area contributed by atoms with Gasteiger partial charge in [-0.05, 0) is 12.1 Å². The zero-order chi connectivity index (χ0) is 15.1. The second kappa shape index (κ2) is 4.54. The number of carbonyl (C=O) groups excluding carboxylic acids is 1. The number of nitrogens with two attached hydrogens (primary N) is 1. The van der Waals surface area contributed by atoms with E-state index in [1.54, 1.807) is 0 Å². The first-order chi connectivity index (χ1) is 9.21. The molecule has 2 rings (SSSR count). The fourth-order valence-corrected chi connectivity index (χ4v) is 1.57. The molecule has 2 aromatic rings. The fourth-order valence-electron chi connectivity index (χ4n) is 1.57. The molecule has 0 bridgehead atoms. The van der Waals surface area contributed by atoms with Crippen LogP contribution in [-0.2, 0) is 6.18 Å². The number of hydrogen-bond donors (Lipinski definition) is 2. The third-order valence-corrected chi connectivity index (χ3v) is 2.40. The number of benzene rings is 1. The Labute approximate surface area is 107 Å². The zero-order valence-corrected chi connectivity index (χ0v) is 9.42. The van der Waals surface area contributed by atoms with E-state index in [0.29, 0.717) is 0 Å². The van der Waals surface area contributed by atoms with Crippen LogP contribution in [0.5, 0.6) is 0 Å². The van der Waals surface area contributed by atoms with Gasteiger partial charge in [-0.1, -0.05) is 0 Å². The van der Waals surface area contributed by atoms with E-state index in [-0.39, 0.29) is 12.1 Å². The van der Waals surface area contributed by atoms with E-state index in [9.17, 15) is 26.7 Å². The van der Waals surface area contributed by atoms with Gasteiger partial charge in [0.25, 0.3) is 5.91 Å². The maximum Gasteiger partial charge on any atom is 0.417 e. The Hall–Kier alpha value is -2.52. The van der Waals surface area contributed by atoms with Crippen LogP contribution in [0, 0.1) is 11.6 Å². The van der Waals surface area contributed by atoms with Gasteiger partial charge in [-0.2, -0.15) is 28.6 Å². The lowest BCUT2D eigenvalue weighted by Gasteiger charge is -2.12. The number of hydrogen-bond acceptors (Lipinski definition) is 3. The average Bonchev–Trinajstić information content (AvgIpc) is 2.79. The number of carbonyl (C=O) groups is 1. The summed E-state index contributed by atoms with van der Waals surface area (Å²) in [6, 6.07) is 0.257. The summed E-state index contributed by atoms with van der Waals surface area (Å²) in [6.45, 7) is 0. The van der Waals surface area contributed by atoms with Crippen molar-refractivity contribution in [3.8, 4) is 11.3 Å². The lowest BCUT2D eigenvalue weighted by Crippen LogP contribution is -2.15. The number of amides is 1. The summed E-state index contributed by atoms with van der Waals surface area (Å²) in [6.07, 6.45) is -4.97. The number of rotatable bonds is 2. The van der Waals surface area contributed by atoms with Gasteiger partial charge in [-0.15, -0.1) is 0 Å². The molecule has 1 heterocycles. The molecule has 3 N–H and O–H groups in total. The summed E-state index contributed by atoms with van der Waals surface area (Å²) in [4.78, 5) is 11.0. The molecule has 0 spiro atoms. The van der Waals surface area contributed by atoms with Crippen LogP contribution >= 0.6 is 0 Å². The standard InChI is InChI=1S/C10H5F5N4O/c11-5-1-3(4(2-6(5)12)10(13,14)15)7-8(9(16)20)18-19-17-7/h1-2H,(H2,16,20)(H,17,18,19). The van der Waals surface area contributed by atoms with Crippen molar-refractivity contribution in [3.63, 3.8) is 0 Å². The summed E-state index contributed by atoms with van der Waals surface area (Å²) < 4.78 is 64.6. The summed E-state index contributed by atoms with van der Waals surface area (Å²) in [5, 5.41) is 8.51. The van der Waals surface area contributed by atoms with E-state index in [4.69, 9.17) is 5.73 Å². The van der Waals surface area contributed by atoms with E-state index >= 15 is 0 Å². The minimum absolute atomic E-state index is 0.0237. The van der Waals surface area contributed by atoms with Crippen molar-refractivity contribution in [2.24, 2.45) is 5.73 Å². The molecular formula is C10H5F5N4O. The number of primary amides is 1. The highest BCUT2D eigenvalue weighted by Crippen LogP contribution is 2.38. The molecule has 0 radical (unpaired) electrons. The molecule has 0 aliphatic carbocycles. The fraction of sp³-hybridized carbons (Fsp3) is 0.100. The van der Waals surface area contributed by atoms with Crippen LogP contribution in [0.15, 0.2) is 12.1 Å². The second-order valence-electron chi connectivity index (χ2n) is 3.69. The first kappa shape index (κ1) is 13.9. The molecule has 0 aliphatic heterocycles. The number of H-pyrrole nitrogens is 1. The van der Waals surface area contributed by atoms with Gasteiger partial charge < -0.3 is 5.73 Å². The van der Waals surface area contributed by atoms with Crippen molar-refractivity contribution in [1.82, 2.24) is 15.4 Å². The maximum atomic E-state index is 13.2. The monoisotopic (exact) mass is 292 g/mol. The molecule has 106 valence electrons. The predicted molar refractivity (Wildman–Crippen MR) is 55.3 cm³/mol. The number of aromatic nitrogens is 3. The lowest BCUT2D eigenvalue weighted by atomic mass is 10.0. The molecule has 1 amide bonds. The topological polar surface area (TPSA) is 84.7 Å². The molecule has 0 saturated carbocycles. The van der Waals surface area contributed by atoms with Crippen molar-refractivity contribution in [1.29, 1.82) is 0 Å². The van der Waals surface area contributed by atoms with Gasteiger partial charge in [0.05, 0.1) is 5.56 Å². The van der Waals surface area contributed by atoms with E-state index in [2.05, 4.69) is 10.2 Å². The van der Waals surface area contributed by atoms with Gasteiger partial charge in [-0.3, -0.25) is 4.79 Å². The number of halogens is 5. The van der Waals surface area contributed by atoms with Crippen molar-refractivity contribution >= 4 is 5.91 Å². The Kier molecular flexibility index (Phi) is 3.16. The van der Waals surface area contributed by atoms with Gasteiger partial charge in [0, 0.05) is 5.56 Å². The number of aromatic amines is 1. The summed E-state index contributed by atoms with van der Waals surface area (Å²) in [5.74, 6) is -4.36. The SMILES string of the molecule is NC(=O)c1n[nH]nc1-c1cc(F)c(F)cc1C(F)(F)F.